The number of rotatable bonds is 3. The van der Waals surface area contributed by atoms with Crippen LogP contribution < -0.4 is 0 Å². The van der Waals surface area contributed by atoms with Gasteiger partial charge in [0, 0.05) is 10.6 Å². The van der Waals surface area contributed by atoms with Crippen molar-refractivity contribution in [2.24, 2.45) is 0 Å². The molecule has 1 saturated carbocycles. The van der Waals surface area contributed by atoms with E-state index in [2.05, 4.69) is 0 Å². The molecular formula is C19H13ClFNO4. The third-order valence-corrected chi connectivity index (χ3v) is 5.21. The molecule has 1 aliphatic heterocycles. The number of nitrogens with zero attached hydrogens (tertiary/aromatic N) is 1. The highest BCUT2D eigenvalue weighted by Crippen LogP contribution is 2.46. The van der Waals surface area contributed by atoms with Crippen LogP contribution in [-0.2, 0) is 15.0 Å². The van der Waals surface area contributed by atoms with Crippen LogP contribution in [0.15, 0.2) is 42.5 Å². The Kier molecular flexibility index (Phi) is 3.80. The summed E-state index contributed by atoms with van der Waals surface area (Å²) in [5.41, 5.74) is -0.786. The highest BCUT2D eigenvalue weighted by atomic mass is 35.5. The molecule has 0 saturated heterocycles. The van der Waals surface area contributed by atoms with Crippen molar-refractivity contribution in [1.29, 1.82) is 0 Å². The van der Waals surface area contributed by atoms with E-state index in [1.54, 1.807) is 12.1 Å². The molecule has 1 aliphatic carbocycles. The lowest BCUT2D eigenvalue weighted by Gasteiger charge is -2.40. The molecule has 0 N–H and O–H groups in total. The van der Waals surface area contributed by atoms with E-state index >= 15 is 0 Å². The molecule has 1 heterocycles. The van der Waals surface area contributed by atoms with E-state index in [0.717, 1.165) is 0 Å². The molecule has 0 radical (unpaired) electrons. The number of carbonyl (C=O) groups excluding carboxylic acids is 3. The van der Waals surface area contributed by atoms with E-state index in [1.165, 1.54) is 30.3 Å². The van der Waals surface area contributed by atoms with Gasteiger partial charge in [0.25, 0.3) is 11.8 Å². The van der Waals surface area contributed by atoms with Gasteiger partial charge in [-0.25, -0.2) is 9.18 Å². The van der Waals surface area contributed by atoms with Crippen molar-refractivity contribution in [1.82, 2.24) is 5.06 Å². The van der Waals surface area contributed by atoms with E-state index in [9.17, 15) is 18.8 Å². The fraction of sp³-hybridized carbons (Fsp3) is 0.211. The first kappa shape index (κ1) is 16.7. The Morgan fingerprint density at radius 1 is 1.08 bits per heavy atom. The van der Waals surface area contributed by atoms with Gasteiger partial charge in [-0.1, -0.05) is 35.2 Å². The summed E-state index contributed by atoms with van der Waals surface area (Å²) in [7, 11) is 0. The van der Waals surface area contributed by atoms with Gasteiger partial charge in [0.2, 0.25) is 0 Å². The van der Waals surface area contributed by atoms with E-state index in [-0.39, 0.29) is 16.7 Å². The van der Waals surface area contributed by atoms with Gasteiger partial charge in [0.05, 0.1) is 16.5 Å². The van der Waals surface area contributed by atoms with Gasteiger partial charge in [-0.3, -0.25) is 9.59 Å². The maximum Gasteiger partial charge on any atom is 0.343 e. The van der Waals surface area contributed by atoms with E-state index in [4.69, 9.17) is 16.4 Å². The second-order valence-corrected chi connectivity index (χ2v) is 6.83. The fourth-order valence-corrected chi connectivity index (χ4v) is 3.57. The normalized spacial score (nSPS) is 17.7. The summed E-state index contributed by atoms with van der Waals surface area (Å²) in [6.07, 6.45) is 1.40. The summed E-state index contributed by atoms with van der Waals surface area (Å²) in [5.74, 6) is -2.83. The van der Waals surface area contributed by atoms with E-state index in [1.807, 2.05) is 0 Å². The van der Waals surface area contributed by atoms with Crippen LogP contribution in [0.2, 0.25) is 5.02 Å². The predicted octanol–water partition coefficient (Wildman–Crippen LogP) is 3.66. The first-order chi connectivity index (χ1) is 12.4. The monoisotopic (exact) mass is 373 g/mol. The van der Waals surface area contributed by atoms with Crippen molar-refractivity contribution in [2.45, 2.75) is 24.7 Å². The Hall–Kier alpha value is -2.73. The Balaban J connectivity index is 1.65. The maximum atomic E-state index is 14.3. The quantitative estimate of drug-likeness (QED) is 0.770. The molecule has 26 heavy (non-hydrogen) atoms. The lowest BCUT2D eigenvalue weighted by molar-refractivity contribution is -0.179. The molecule has 1 fully saturated rings. The molecule has 0 spiro atoms. The van der Waals surface area contributed by atoms with Gasteiger partial charge in [-0.2, -0.15) is 0 Å². The van der Waals surface area contributed by atoms with Gasteiger partial charge in [-0.05, 0) is 43.2 Å². The predicted molar refractivity (Wildman–Crippen MR) is 90.0 cm³/mol. The van der Waals surface area contributed by atoms with Crippen LogP contribution >= 0.6 is 11.6 Å². The van der Waals surface area contributed by atoms with Crippen LogP contribution in [0.1, 0.15) is 45.5 Å². The minimum Gasteiger partial charge on any atom is -0.329 e. The number of benzene rings is 2. The van der Waals surface area contributed by atoms with E-state index in [0.29, 0.717) is 29.3 Å². The summed E-state index contributed by atoms with van der Waals surface area (Å²) in [6, 6.07) is 10.2. The third kappa shape index (κ3) is 2.33. The number of halogens is 2. The molecule has 0 aromatic heterocycles. The molecule has 132 valence electrons. The zero-order valence-corrected chi connectivity index (χ0v) is 14.3. The van der Waals surface area contributed by atoms with E-state index < -0.39 is 29.0 Å². The minimum absolute atomic E-state index is 0.123. The zero-order chi connectivity index (χ0) is 18.5. The van der Waals surface area contributed by atoms with Gasteiger partial charge in [0.1, 0.15) is 5.82 Å². The van der Waals surface area contributed by atoms with Crippen LogP contribution in [0, 0.1) is 5.82 Å². The van der Waals surface area contributed by atoms with Gasteiger partial charge >= 0.3 is 5.97 Å². The Morgan fingerprint density at radius 3 is 2.23 bits per heavy atom. The molecule has 0 bridgehead atoms. The van der Waals surface area contributed by atoms with Crippen molar-refractivity contribution >= 4 is 29.4 Å². The second kappa shape index (κ2) is 5.92. The van der Waals surface area contributed by atoms with Crippen molar-refractivity contribution in [3.05, 3.63) is 70.0 Å². The van der Waals surface area contributed by atoms with Gasteiger partial charge < -0.3 is 4.84 Å². The van der Waals surface area contributed by atoms with Crippen LogP contribution in [0.4, 0.5) is 4.39 Å². The standard InChI is InChI=1S/C19H13ClFNO4/c20-11-6-7-15(21)14(10-11)19(8-3-9-19)18(25)26-22-16(23)12-4-1-2-5-13(12)17(22)24/h1-2,4-7,10H,3,8-9H2. The van der Waals surface area contributed by atoms with Crippen molar-refractivity contribution in [3.8, 4) is 0 Å². The lowest BCUT2D eigenvalue weighted by atomic mass is 9.64. The molecule has 4 rings (SSSR count). The van der Waals surface area contributed by atoms with Crippen molar-refractivity contribution in [2.75, 3.05) is 0 Å². The topological polar surface area (TPSA) is 63.7 Å². The lowest BCUT2D eigenvalue weighted by Crippen LogP contribution is -2.48. The summed E-state index contributed by atoms with van der Waals surface area (Å²) in [5, 5.41) is 0.747. The molecular weight excluding hydrogens is 361 g/mol. The summed E-state index contributed by atoms with van der Waals surface area (Å²) in [6.45, 7) is 0. The van der Waals surface area contributed by atoms with Crippen molar-refractivity contribution in [3.63, 3.8) is 0 Å². The average molecular weight is 374 g/mol. The number of hydrogen-bond donors (Lipinski definition) is 0. The fourth-order valence-electron chi connectivity index (χ4n) is 3.40. The highest BCUT2D eigenvalue weighted by Gasteiger charge is 2.51. The van der Waals surface area contributed by atoms with Crippen LogP contribution in [0.5, 0.6) is 0 Å². The minimum atomic E-state index is -1.25. The molecule has 2 amide bonds. The number of imide groups is 1. The molecule has 0 atom stereocenters. The number of amides is 2. The molecule has 0 unspecified atom stereocenters. The SMILES string of the molecule is O=C1c2ccccc2C(=O)N1OC(=O)C1(c2cc(Cl)ccc2F)CCC1. The number of fused-ring (bicyclic) bond motifs is 1. The van der Waals surface area contributed by atoms with Gasteiger partial charge in [-0.15, -0.1) is 0 Å². The largest absolute Gasteiger partial charge is 0.343 e. The van der Waals surface area contributed by atoms with Crippen LogP contribution in [0.25, 0.3) is 0 Å². The Labute approximate surface area is 153 Å². The Bertz CT molecular complexity index is 919. The van der Waals surface area contributed by atoms with Crippen molar-refractivity contribution < 1.29 is 23.6 Å². The first-order valence-corrected chi connectivity index (χ1v) is 8.47. The van der Waals surface area contributed by atoms with Gasteiger partial charge in [0.15, 0.2) is 0 Å². The molecule has 2 aromatic rings. The zero-order valence-electron chi connectivity index (χ0n) is 13.5. The Morgan fingerprint density at radius 2 is 1.69 bits per heavy atom. The summed E-state index contributed by atoms with van der Waals surface area (Å²) < 4.78 is 14.3. The highest BCUT2D eigenvalue weighted by molar-refractivity contribution is 6.30. The number of carbonyl (C=O) groups is 3. The molecule has 7 heteroatoms. The summed E-state index contributed by atoms with van der Waals surface area (Å²) >= 11 is 5.95. The third-order valence-electron chi connectivity index (χ3n) is 4.97. The second-order valence-electron chi connectivity index (χ2n) is 6.39. The average Bonchev–Trinajstić information content (AvgIpc) is 2.82. The van der Waals surface area contributed by atoms with Crippen LogP contribution in [0.3, 0.4) is 0 Å². The number of hydrogen-bond acceptors (Lipinski definition) is 4. The summed E-state index contributed by atoms with van der Waals surface area (Å²) in [4.78, 5) is 42.7. The first-order valence-electron chi connectivity index (χ1n) is 8.10. The molecule has 5 nitrogen and oxygen atoms in total. The maximum absolute atomic E-state index is 14.3. The molecule has 2 aliphatic rings. The smallest absolute Gasteiger partial charge is 0.329 e. The number of hydroxylamine groups is 2. The van der Waals surface area contributed by atoms with Crippen LogP contribution in [-0.4, -0.2) is 22.8 Å². The molecule has 2 aromatic carbocycles.